The van der Waals surface area contributed by atoms with Crippen LogP contribution in [0.2, 0.25) is 5.02 Å². The van der Waals surface area contributed by atoms with Gasteiger partial charge < -0.3 is 15.3 Å². The number of anilines is 1. The normalized spacial score (nSPS) is 19.1. The molecule has 0 aromatic heterocycles. The van der Waals surface area contributed by atoms with E-state index in [-0.39, 0.29) is 11.8 Å². The summed E-state index contributed by atoms with van der Waals surface area (Å²) in [5.74, 6) is -0.748. The van der Waals surface area contributed by atoms with Crippen LogP contribution in [0.25, 0.3) is 11.1 Å². The highest BCUT2D eigenvalue weighted by atomic mass is 35.5. The van der Waals surface area contributed by atoms with Gasteiger partial charge >= 0.3 is 5.97 Å². The second-order valence-corrected chi connectivity index (χ2v) is 10.4. The number of aliphatic carboxylic acids is 1. The molecule has 0 bridgehead atoms. The van der Waals surface area contributed by atoms with Crippen molar-refractivity contribution in [1.29, 1.82) is 0 Å². The average Bonchev–Trinajstić information content (AvgIpc) is 3.30. The number of nitrogens with one attached hydrogen (secondary N) is 1. The van der Waals surface area contributed by atoms with Crippen LogP contribution in [0.1, 0.15) is 47.2 Å². The summed E-state index contributed by atoms with van der Waals surface area (Å²) < 4.78 is 0. The van der Waals surface area contributed by atoms with Crippen molar-refractivity contribution in [3.05, 3.63) is 88.4 Å². The molecule has 186 valence electrons. The smallest absolute Gasteiger partial charge is 0.306 e. The first-order valence-corrected chi connectivity index (χ1v) is 13.1. The van der Waals surface area contributed by atoms with Crippen molar-refractivity contribution in [2.45, 2.75) is 38.6 Å². The Morgan fingerprint density at radius 1 is 0.944 bits per heavy atom. The van der Waals surface area contributed by atoms with Crippen LogP contribution >= 0.6 is 11.6 Å². The summed E-state index contributed by atoms with van der Waals surface area (Å²) in [4.78, 5) is 26.8. The Labute approximate surface area is 217 Å². The van der Waals surface area contributed by atoms with Crippen molar-refractivity contribution in [1.82, 2.24) is 5.32 Å². The van der Waals surface area contributed by atoms with Crippen LogP contribution in [0.5, 0.6) is 0 Å². The van der Waals surface area contributed by atoms with E-state index in [1.807, 2.05) is 24.3 Å². The van der Waals surface area contributed by atoms with Crippen molar-refractivity contribution in [3.63, 3.8) is 0 Å². The number of rotatable bonds is 7. The lowest BCUT2D eigenvalue weighted by atomic mass is 9.82. The zero-order valence-corrected chi connectivity index (χ0v) is 21.0. The summed E-state index contributed by atoms with van der Waals surface area (Å²) in [6.45, 7) is 2.13. The number of nitrogens with zero attached hydrogens (tertiary/aromatic N) is 1. The molecule has 1 fully saturated rings. The van der Waals surface area contributed by atoms with Crippen LogP contribution in [0.3, 0.4) is 0 Å². The maximum atomic E-state index is 13.3. The number of carboxylic acids is 1. The predicted molar refractivity (Wildman–Crippen MR) is 144 cm³/mol. The molecule has 2 aliphatic rings. The minimum absolute atomic E-state index is 0.111. The number of carbonyl (C=O) groups excluding carboxylic acids is 1. The van der Waals surface area contributed by atoms with Gasteiger partial charge in [0.1, 0.15) is 0 Å². The summed E-state index contributed by atoms with van der Waals surface area (Å²) in [6.07, 6.45) is 3.88. The lowest BCUT2D eigenvalue weighted by Gasteiger charge is -2.27. The summed E-state index contributed by atoms with van der Waals surface area (Å²) in [6, 6.07) is 22.7. The minimum Gasteiger partial charge on any atom is -0.481 e. The molecular formula is C30H31ClN2O3. The van der Waals surface area contributed by atoms with Gasteiger partial charge in [-0.3, -0.25) is 9.59 Å². The first kappa shape index (κ1) is 24.4. The number of amides is 1. The first-order chi connectivity index (χ1) is 17.5. The quantitative estimate of drug-likeness (QED) is 0.404. The van der Waals surface area contributed by atoms with E-state index in [0.29, 0.717) is 35.9 Å². The van der Waals surface area contributed by atoms with Crippen molar-refractivity contribution in [2.24, 2.45) is 11.8 Å². The van der Waals surface area contributed by atoms with Crippen LogP contribution in [0, 0.1) is 11.8 Å². The summed E-state index contributed by atoms with van der Waals surface area (Å²) >= 11 is 6.40. The van der Waals surface area contributed by atoms with Gasteiger partial charge in [-0.2, -0.15) is 0 Å². The number of hydrogen-bond donors (Lipinski definition) is 2. The number of carbonyl (C=O) groups is 2. The number of fused-ring (bicyclic) bond motifs is 1. The van der Waals surface area contributed by atoms with Gasteiger partial charge in [0.2, 0.25) is 0 Å². The van der Waals surface area contributed by atoms with Gasteiger partial charge in [0.15, 0.2) is 0 Å². The Morgan fingerprint density at radius 3 is 2.33 bits per heavy atom. The topological polar surface area (TPSA) is 69.6 Å². The molecule has 0 spiro atoms. The van der Waals surface area contributed by atoms with E-state index in [1.54, 1.807) is 6.07 Å². The molecule has 1 heterocycles. The maximum absolute atomic E-state index is 13.3. The number of halogens is 1. The summed E-state index contributed by atoms with van der Waals surface area (Å²) in [7, 11) is 0. The fourth-order valence-corrected chi connectivity index (χ4v) is 5.76. The Bertz CT molecular complexity index is 1240. The molecule has 2 N–H and O–H groups in total. The molecule has 36 heavy (non-hydrogen) atoms. The predicted octanol–water partition coefficient (Wildman–Crippen LogP) is 6.19. The van der Waals surface area contributed by atoms with Crippen LogP contribution in [-0.4, -0.2) is 30.1 Å². The van der Waals surface area contributed by atoms with Gasteiger partial charge in [-0.1, -0.05) is 66.2 Å². The second-order valence-electron chi connectivity index (χ2n) is 9.96. The SMILES string of the molecule is O=C(NCC1CCC(C(=O)O)CC1)c1cc(Cl)cc2c1N(Cc1ccc(-c3ccccc3)cc1)CC2. The van der Waals surface area contributed by atoms with Gasteiger partial charge in [-0.15, -0.1) is 0 Å². The van der Waals surface area contributed by atoms with Crippen LogP contribution in [0.15, 0.2) is 66.7 Å². The molecule has 0 saturated heterocycles. The second kappa shape index (κ2) is 10.8. The lowest BCUT2D eigenvalue weighted by molar-refractivity contribution is -0.143. The number of hydrogen-bond acceptors (Lipinski definition) is 3. The highest BCUT2D eigenvalue weighted by Crippen LogP contribution is 2.36. The molecule has 5 rings (SSSR count). The zero-order chi connectivity index (χ0) is 25.1. The first-order valence-electron chi connectivity index (χ1n) is 12.7. The molecule has 5 nitrogen and oxygen atoms in total. The third kappa shape index (κ3) is 5.41. The fraction of sp³-hybridized carbons (Fsp3) is 0.333. The van der Waals surface area contributed by atoms with Crippen LogP contribution in [0.4, 0.5) is 5.69 Å². The molecular weight excluding hydrogens is 472 g/mol. The zero-order valence-electron chi connectivity index (χ0n) is 20.3. The van der Waals surface area contributed by atoms with Crippen molar-refractivity contribution < 1.29 is 14.7 Å². The monoisotopic (exact) mass is 502 g/mol. The Kier molecular flexibility index (Phi) is 7.28. The Morgan fingerprint density at radius 2 is 1.64 bits per heavy atom. The minimum atomic E-state index is -0.707. The molecule has 6 heteroatoms. The molecule has 1 saturated carbocycles. The Hall–Kier alpha value is -3.31. The van der Waals surface area contributed by atoms with E-state index in [9.17, 15) is 14.7 Å². The van der Waals surface area contributed by atoms with Gasteiger partial charge in [-0.05, 0) is 72.4 Å². The molecule has 1 aliphatic heterocycles. The molecule has 1 aliphatic carbocycles. The van der Waals surface area contributed by atoms with E-state index >= 15 is 0 Å². The largest absolute Gasteiger partial charge is 0.481 e. The van der Waals surface area contributed by atoms with E-state index < -0.39 is 5.97 Å². The van der Waals surface area contributed by atoms with Crippen molar-refractivity contribution in [2.75, 3.05) is 18.0 Å². The highest BCUT2D eigenvalue weighted by molar-refractivity contribution is 6.31. The third-order valence-electron chi connectivity index (χ3n) is 7.55. The van der Waals surface area contributed by atoms with E-state index in [4.69, 9.17) is 11.6 Å². The van der Waals surface area contributed by atoms with Crippen LogP contribution < -0.4 is 10.2 Å². The molecule has 0 unspecified atom stereocenters. The van der Waals surface area contributed by atoms with Gasteiger partial charge in [-0.25, -0.2) is 0 Å². The molecule has 3 aromatic rings. The maximum Gasteiger partial charge on any atom is 0.306 e. The molecule has 1 amide bonds. The average molecular weight is 503 g/mol. The molecule has 0 radical (unpaired) electrons. The summed E-state index contributed by atoms with van der Waals surface area (Å²) in [5, 5.41) is 12.9. The number of benzene rings is 3. The van der Waals surface area contributed by atoms with Gasteiger partial charge in [0.05, 0.1) is 17.2 Å². The highest BCUT2D eigenvalue weighted by Gasteiger charge is 2.29. The summed E-state index contributed by atoms with van der Waals surface area (Å²) in [5.41, 5.74) is 6.27. The van der Waals surface area contributed by atoms with Crippen LogP contribution in [-0.2, 0) is 17.8 Å². The fourth-order valence-electron chi connectivity index (χ4n) is 5.52. The van der Waals surface area contributed by atoms with Crippen molar-refractivity contribution >= 4 is 29.2 Å². The van der Waals surface area contributed by atoms with Gasteiger partial charge in [0, 0.05) is 24.7 Å². The standard InChI is InChI=1S/C30H31ClN2O3/c31-26-16-25-14-15-33(19-21-8-10-23(11-9-21)22-4-2-1-3-5-22)28(25)27(17-26)29(34)32-18-20-6-12-24(13-7-20)30(35)36/h1-5,8-11,16-17,20,24H,6-7,12-15,18-19H2,(H,32,34)(H,35,36). The number of carboxylic acid groups (broad SMARTS) is 1. The van der Waals surface area contributed by atoms with Gasteiger partial charge in [0.25, 0.3) is 5.91 Å². The van der Waals surface area contributed by atoms with E-state index in [2.05, 4.69) is 46.6 Å². The molecule has 0 atom stereocenters. The van der Waals surface area contributed by atoms with Crippen molar-refractivity contribution in [3.8, 4) is 11.1 Å². The molecule has 3 aromatic carbocycles. The third-order valence-corrected chi connectivity index (χ3v) is 7.77. The Balaban J connectivity index is 1.27. The van der Waals surface area contributed by atoms with E-state index in [1.165, 1.54) is 16.7 Å². The van der Waals surface area contributed by atoms with E-state index in [0.717, 1.165) is 43.6 Å². The lowest BCUT2D eigenvalue weighted by Crippen LogP contribution is -2.33.